The summed E-state index contributed by atoms with van der Waals surface area (Å²) < 4.78 is 1.80. The van der Waals surface area contributed by atoms with Crippen LogP contribution in [0.4, 0.5) is 5.95 Å². The molecule has 9 heteroatoms. The van der Waals surface area contributed by atoms with Crippen LogP contribution in [0.3, 0.4) is 0 Å². The van der Waals surface area contributed by atoms with E-state index in [-0.39, 0.29) is 5.95 Å². The molecule has 0 aliphatic carbocycles. The normalized spacial score (nSPS) is 11.1. The van der Waals surface area contributed by atoms with E-state index in [1.54, 1.807) is 17.2 Å². The lowest BCUT2D eigenvalue weighted by Crippen LogP contribution is -1.98. The molecule has 86 valence electrons. The molecule has 3 rings (SSSR count). The van der Waals surface area contributed by atoms with Crippen LogP contribution in [0.2, 0.25) is 0 Å². The first-order valence-corrected chi connectivity index (χ1v) is 5.54. The molecule has 3 aromatic heterocycles. The summed E-state index contributed by atoms with van der Waals surface area (Å²) in [6.45, 7) is 0. The van der Waals surface area contributed by atoms with E-state index in [0.29, 0.717) is 10.7 Å². The Bertz CT molecular complexity index is 671. The quantitative estimate of drug-likeness (QED) is 0.624. The van der Waals surface area contributed by atoms with Crippen LogP contribution in [0.15, 0.2) is 22.8 Å². The highest BCUT2D eigenvalue weighted by Gasteiger charge is 2.12. The zero-order chi connectivity index (χ0) is 11.8. The van der Waals surface area contributed by atoms with Crippen molar-refractivity contribution >= 4 is 28.9 Å². The number of nitrogens with one attached hydrogen (secondary N) is 1. The maximum Gasteiger partial charge on any atom is 0.223 e. The Morgan fingerprint density at radius 2 is 2.29 bits per heavy atom. The number of H-pyrrole nitrogens is 1. The summed E-state index contributed by atoms with van der Waals surface area (Å²) in [4.78, 5) is 15.2. The summed E-state index contributed by atoms with van der Waals surface area (Å²) in [5, 5.41) is 9.17. The van der Waals surface area contributed by atoms with Gasteiger partial charge in [0.1, 0.15) is 16.9 Å². The number of fused-ring (bicyclic) bond motifs is 1. The summed E-state index contributed by atoms with van der Waals surface area (Å²) in [7, 11) is 1.86. The monoisotopic (exact) mass is 248 g/mol. The van der Waals surface area contributed by atoms with Crippen LogP contribution in [0.5, 0.6) is 0 Å². The zero-order valence-corrected chi connectivity index (χ0v) is 9.64. The predicted octanol–water partition coefficient (Wildman–Crippen LogP) is 0.215. The predicted molar refractivity (Wildman–Crippen MR) is 61.2 cm³/mol. The first-order chi connectivity index (χ1) is 8.24. The number of nitrogen functional groups attached to an aromatic ring is 1. The van der Waals surface area contributed by atoms with Gasteiger partial charge < -0.3 is 15.3 Å². The molecule has 0 saturated carbocycles. The van der Waals surface area contributed by atoms with E-state index in [4.69, 9.17) is 5.73 Å². The zero-order valence-electron chi connectivity index (χ0n) is 8.82. The van der Waals surface area contributed by atoms with Gasteiger partial charge in [-0.15, -0.1) is 10.2 Å². The minimum absolute atomic E-state index is 0.189. The van der Waals surface area contributed by atoms with Gasteiger partial charge in [0, 0.05) is 7.05 Å². The lowest BCUT2D eigenvalue weighted by atomic mass is 10.5. The topological polar surface area (TPSA) is 111 Å². The number of nitrogens with two attached hydrogens (primary N) is 1. The van der Waals surface area contributed by atoms with E-state index in [1.807, 2.05) is 7.05 Å². The molecular weight excluding hydrogens is 240 g/mol. The number of nitrogens with zero attached hydrogens (tertiary/aromatic N) is 6. The number of rotatable bonds is 2. The van der Waals surface area contributed by atoms with Crippen LogP contribution in [0, 0.1) is 0 Å². The molecule has 0 radical (unpaired) electrons. The number of hydrogen-bond acceptors (Lipinski definition) is 7. The van der Waals surface area contributed by atoms with E-state index in [0.717, 1.165) is 10.7 Å². The Labute approximate surface area is 99.7 Å². The fourth-order valence-corrected chi connectivity index (χ4v) is 2.19. The van der Waals surface area contributed by atoms with Crippen molar-refractivity contribution in [1.29, 1.82) is 0 Å². The molecule has 0 spiro atoms. The van der Waals surface area contributed by atoms with Crippen LogP contribution in [0.25, 0.3) is 11.2 Å². The molecule has 0 amide bonds. The third-order valence-corrected chi connectivity index (χ3v) is 3.17. The summed E-state index contributed by atoms with van der Waals surface area (Å²) in [6.07, 6.45) is 3.18. The maximum atomic E-state index is 5.62. The van der Waals surface area contributed by atoms with Gasteiger partial charge in [0.05, 0.1) is 6.33 Å². The first-order valence-electron chi connectivity index (χ1n) is 4.72. The fourth-order valence-electron chi connectivity index (χ4n) is 1.35. The molecule has 0 aromatic carbocycles. The van der Waals surface area contributed by atoms with Crippen molar-refractivity contribution in [2.75, 3.05) is 5.73 Å². The van der Waals surface area contributed by atoms with Crippen LogP contribution in [0.1, 0.15) is 0 Å². The van der Waals surface area contributed by atoms with Crippen LogP contribution < -0.4 is 5.73 Å². The van der Waals surface area contributed by atoms with Crippen LogP contribution >= 0.6 is 11.8 Å². The minimum atomic E-state index is 0.189. The van der Waals surface area contributed by atoms with Crippen molar-refractivity contribution in [2.24, 2.45) is 7.05 Å². The van der Waals surface area contributed by atoms with Gasteiger partial charge >= 0.3 is 0 Å². The van der Waals surface area contributed by atoms with Gasteiger partial charge in [0.15, 0.2) is 10.8 Å². The van der Waals surface area contributed by atoms with Gasteiger partial charge in [-0.1, -0.05) is 0 Å². The average molecular weight is 248 g/mol. The van der Waals surface area contributed by atoms with Gasteiger partial charge in [0.25, 0.3) is 0 Å². The highest BCUT2D eigenvalue weighted by atomic mass is 32.2. The van der Waals surface area contributed by atoms with Crippen LogP contribution in [-0.2, 0) is 7.05 Å². The lowest BCUT2D eigenvalue weighted by Gasteiger charge is -2.01. The Hall–Kier alpha value is -2.16. The van der Waals surface area contributed by atoms with Gasteiger partial charge in [-0.2, -0.15) is 4.98 Å². The van der Waals surface area contributed by atoms with E-state index < -0.39 is 0 Å². The van der Waals surface area contributed by atoms with Crippen LogP contribution in [-0.4, -0.2) is 34.7 Å². The van der Waals surface area contributed by atoms with Crippen molar-refractivity contribution in [3.05, 3.63) is 12.7 Å². The summed E-state index contributed by atoms with van der Waals surface area (Å²) >= 11 is 1.36. The molecular formula is C8H8N8S. The van der Waals surface area contributed by atoms with E-state index in [9.17, 15) is 0 Å². The summed E-state index contributed by atoms with van der Waals surface area (Å²) in [6, 6.07) is 0. The molecule has 3 aromatic rings. The molecule has 0 saturated heterocycles. The Morgan fingerprint density at radius 1 is 1.41 bits per heavy atom. The number of aromatic nitrogens is 7. The number of hydrogen-bond donors (Lipinski definition) is 2. The van der Waals surface area contributed by atoms with Gasteiger partial charge in [-0.05, 0) is 11.8 Å². The molecule has 0 atom stereocenters. The first kappa shape index (κ1) is 10.0. The second kappa shape index (κ2) is 3.70. The molecule has 3 heterocycles. The lowest BCUT2D eigenvalue weighted by molar-refractivity contribution is 0.787. The summed E-state index contributed by atoms with van der Waals surface area (Å²) in [5.74, 6) is 0.189. The molecule has 0 aliphatic rings. The Morgan fingerprint density at radius 3 is 3.06 bits per heavy atom. The number of aromatic amines is 1. The largest absolute Gasteiger partial charge is 0.368 e. The number of imidazole rings is 1. The minimum Gasteiger partial charge on any atom is -0.368 e. The maximum absolute atomic E-state index is 5.62. The molecule has 17 heavy (non-hydrogen) atoms. The fraction of sp³-hybridized carbons (Fsp3) is 0.125. The Balaban J connectivity index is 2.11. The van der Waals surface area contributed by atoms with E-state index in [2.05, 4.69) is 30.1 Å². The molecule has 0 bridgehead atoms. The van der Waals surface area contributed by atoms with Crippen molar-refractivity contribution in [3.8, 4) is 0 Å². The van der Waals surface area contributed by atoms with E-state index in [1.165, 1.54) is 11.8 Å². The molecule has 0 fully saturated rings. The van der Waals surface area contributed by atoms with Gasteiger partial charge in [-0.25, -0.2) is 9.97 Å². The highest BCUT2D eigenvalue weighted by Crippen LogP contribution is 2.28. The molecule has 0 aliphatic heterocycles. The highest BCUT2D eigenvalue weighted by molar-refractivity contribution is 7.99. The second-order valence-corrected chi connectivity index (χ2v) is 4.27. The van der Waals surface area contributed by atoms with Gasteiger partial charge in [-0.3, -0.25) is 0 Å². The third kappa shape index (κ3) is 1.69. The van der Waals surface area contributed by atoms with E-state index >= 15 is 0 Å². The summed E-state index contributed by atoms with van der Waals surface area (Å²) in [5.41, 5.74) is 6.91. The van der Waals surface area contributed by atoms with Crippen molar-refractivity contribution in [3.63, 3.8) is 0 Å². The SMILES string of the molecule is Cn1cnnc1Sc1nc(N)nc2nc[nH]c12. The second-order valence-electron chi connectivity index (χ2n) is 3.31. The number of anilines is 1. The van der Waals surface area contributed by atoms with Gasteiger partial charge in [0.2, 0.25) is 5.95 Å². The third-order valence-electron chi connectivity index (χ3n) is 2.13. The number of aryl methyl sites for hydroxylation is 1. The smallest absolute Gasteiger partial charge is 0.223 e. The average Bonchev–Trinajstić information content (AvgIpc) is 2.88. The van der Waals surface area contributed by atoms with Crippen molar-refractivity contribution in [2.45, 2.75) is 10.2 Å². The molecule has 8 nitrogen and oxygen atoms in total. The standard InChI is InChI=1S/C8H8N8S/c1-16-3-12-15-8(16)17-6-4-5(11-2-10-4)13-7(9)14-6/h2-3H,1H3,(H3,9,10,11,13,14). The molecule has 0 unspecified atom stereocenters. The molecule has 3 N–H and O–H groups in total. The van der Waals surface area contributed by atoms with Crippen molar-refractivity contribution < 1.29 is 0 Å². The Kier molecular flexibility index (Phi) is 2.18. The van der Waals surface area contributed by atoms with Crippen molar-refractivity contribution in [1.82, 2.24) is 34.7 Å².